The number of rotatable bonds is 3. The molecule has 0 bridgehead atoms. The molecule has 1 aromatic rings. The van der Waals surface area contributed by atoms with Crippen LogP contribution in [0.5, 0.6) is 6.01 Å². The number of carbonyl (C=O) groups is 1. The highest BCUT2D eigenvalue weighted by molar-refractivity contribution is 5.89. The van der Waals surface area contributed by atoms with Crippen LogP contribution in [0.4, 0.5) is 0 Å². The lowest BCUT2D eigenvalue weighted by molar-refractivity contribution is -0.140. The maximum atomic E-state index is 12.3. The number of hydrogen-bond donors (Lipinski definition) is 1. The number of nitrogens with zero attached hydrogens (tertiary/aromatic N) is 3. The molecule has 7 atom stereocenters. The minimum absolute atomic E-state index is 0.0211. The van der Waals surface area contributed by atoms with E-state index in [0.717, 1.165) is 43.2 Å². The molecule has 3 saturated carbocycles. The average molecular weight is 438 g/mol. The maximum Gasteiger partial charge on any atom is 0.316 e. The van der Waals surface area contributed by atoms with Crippen molar-refractivity contribution in [2.75, 3.05) is 13.7 Å². The van der Waals surface area contributed by atoms with Crippen molar-refractivity contribution in [2.45, 2.75) is 65.0 Å². The zero-order valence-corrected chi connectivity index (χ0v) is 19.6. The zero-order chi connectivity index (χ0) is 22.7. The van der Waals surface area contributed by atoms with Crippen LogP contribution in [0, 0.1) is 28.6 Å². The van der Waals surface area contributed by atoms with Crippen LogP contribution >= 0.6 is 0 Å². The first-order chi connectivity index (χ1) is 15.3. The van der Waals surface area contributed by atoms with Crippen LogP contribution < -0.4 is 4.74 Å². The van der Waals surface area contributed by atoms with Gasteiger partial charge in [-0.05, 0) is 68.4 Å². The largest absolute Gasteiger partial charge is 0.464 e. The summed E-state index contributed by atoms with van der Waals surface area (Å²) in [6.07, 6.45) is 14.4. The molecule has 6 heteroatoms. The van der Waals surface area contributed by atoms with Gasteiger partial charge in [-0.15, -0.1) is 0 Å². The fourth-order valence-corrected chi connectivity index (χ4v) is 7.56. The maximum absolute atomic E-state index is 12.3. The van der Waals surface area contributed by atoms with Gasteiger partial charge in [-0.25, -0.2) is 9.97 Å². The number of aliphatic hydroxyl groups excluding tert-OH is 1. The standard InChI is InChI=1S/C26H35N3O3/c1-5-32-24-27-14-16(15-28-24)12-17-13-20-18-6-7-21-25(2,11-9-22(30)29(21)4)19(18)8-10-26(20,3)23(17)31/h9,11-12,14-15,18-21,23,31H,5-8,10,13H2,1-4H3/b17-12+/t18-,19+,20+,21-,23+,25-,26+/m1/s1. The quantitative estimate of drug-likeness (QED) is 0.777. The minimum atomic E-state index is -0.434. The molecule has 3 aliphatic carbocycles. The van der Waals surface area contributed by atoms with Crippen LogP contribution in [-0.2, 0) is 4.79 Å². The Morgan fingerprint density at radius 2 is 1.97 bits per heavy atom. The lowest BCUT2D eigenvalue weighted by atomic mass is 9.48. The topological polar surface area (TPSA) is 75.5 Å². The molecule has 0 spiro atoms. The van der Waals surface area contributed by atoms with E-state index in [4.69, 9.17) is 4.74 Å². The van der Waals surface area contributed by atoms with Crippen molar-refractivity contribution < 1.29 is 14.6 Å². The predicted octanol–water partition coefficient (Wildman–Crippen LogP) is 3.87. The molecule has 0 radical (unpaired) electrons. The van der Waals surface area contributed by atoms with E-state index in [-0.39, 0.29) is 22.8 Å². The second-order valence-electron chi connectivity index (χ2n) is 10.7. The molecule has 32 heavy (non-hydrogen) atoms. The van der Waals surface area contributed by atoms with Gasteiger partial charge in [0.15, 0.2) is 0 Å². The Hall–Kier alpha value is -2.21. The minimum Gasteiger partial charge on any atom is -0.464 e. The van der Waals surface area contributed by atoms with Crippen LogP contribution in [0.25, 0.3) is 6.08 Å². The summed E-state index contributed by atoms with van der Waals surface area (Å²) in [5.41, 5.74) is 1.94. The van der Waals surface area contributed by atoms with E-state index in [1.54, 1.807) is 18.5 Å². The van der Waals surface area contributed by atoms with Gasteiger partial charge < -0.3 is 14.7 Å². The van der Waals surface area contributed by atoms with Crippen molar-refractivity contribution in [3.63, 3.8) is 0 Å². The van der Waals surface area contributed by atoms with Crippen LogP contribution in [-0.4, -0.2) is 51.7 Å². The summed E-state index contributed by atoms with van der Waals surface area (Å²) in [7, 11) is 1.96. The molecular formula is C26H35N3O3. The SMILES string of the molecule is CCOc1ncc(/C=C2\C[C@H]3[C@@H]4CC[C@H]5N(C)C(=O)C=C[C@]5(C)[C@H]4CC[C@]3(C)[C@H]2O)cn1. The fourth-order valence-electron chi connectivity index (χ4n) is 7.56. The molecule has 172 valence electrons. The highest BCUT2D eigenvalue weighted by Crippen LogP contribution is 2.64. The Kier molecular flexibility index (Phi) is 5.19. The molecule has 1 aliphatic heterocycles. The molecule has 0 aromatic carbocycles. The lowest BCUT2D eigenvalue weighted by Gasteiger charge is -2.59. The number of likely N-dealkylation sites (N-methyl/N-ethyl adjacent to an activating group) is 1. The third kappa shape index (κ3) is 3.13. The Labute approximate surface area is 190 Å². The van der Waals surface area contributed by atoms with Gasteiger partial charge in [-0.3, -0.25) is 4.79 Å². The van der Waals surface area contributed by atoms with E-state index < -0.39 is 6.10 Å². The highest BCUT2D eigenvalue weighted by atomic mass is 16.5. The van der Waals surface area contributed by atoms with Gasteiger partial charge in [0.25, 0.3) is 0 Å². The molecule has 1 aromatic heterocycles. The molecule has 3 fully saturated rings. The van der Waals surface area contributed by atoms with Crippen molar-refractivity contribution in [3.05, 3.63) is 35.7 Å². The summed E-state index contributed by atoms with van der Waals surface area (Å²) in [4.78, 5) is 22.8. The van der Waals surface area contributed by atoms with E-state index in [0.29, 0.717) is 30.4 Å². The first kappa shape index (κ1) is 21.6. The number of aliphatic hydroxyl groups is 1. The normalized spacial score (nSPS) is 41.9. The van der Waals surface area contributed by atoms with Crippen molar-refractivity contribution in [1.29, 1.82) is 0 Å². The van der Waals surface area contributed by atoms with Crippen LogP contribution in [0.1, 0.15) is 58.4 Å². The van der Waals surface area contributed by atoms with E-state index in [2.05, 4.69) is 36.0 Å². The van der Waals surface area contributed by atoms with Gasteiger partial charge in [0, 0.05) is 41.9 Å². The Balaban J connectivity index is 1.42. The monoisotopic (exact) mass is 437 g/mol. The molecule has 0 unspecified atom stereocenters. The van der Waals surface area contributed by atoms with Gasteiger partial charge in [0.05, 0.1) is 12.7 Å². The Morgan fingerprint density at radius 1 is 1.22 bits per heavy atom. The van der Waals surface area contributed by atoms with E-state index in [9.17, 15) is 9.90 Å². The smallest absolute Gasteiger partial charge is 0.316 e. The zero-order valence-electron chi connectivity index (χ0n) is 19.6. The van der Waals surface area contributed by atoms with Gasteiger partial charge in [-0.2, -0.15) is 0 Å². The third-order valence-corrected chi connectivity index (χ3v) is 9.27. The van der Waals surface area contributed by atoms with E-state index >= 15 is 0 Å². The van der Waals surface area contributed by atoms with Gasteiger partial charge >= 0.3 is 6.01 Å². The first-order valence-electron chi connectivity index (χ1n) is 12.1. The fraction of sp³-hybridized carbons (Fsp3) is 0.654. The number of aromatic nitrogens is 2. The molecular weight excluding hydrogens is 402 g/mol. The molecule has 1 N–H and O–H groups in total. The molecule has 5 rings (SSSR count). The molecule has 2 heterocycles. The van der Waals surface area contributed by atoms with Crippen LogP contribution in [0.15, 0.2) is 30.1 Å². The Bertz CT molecular complexity index is 958. The predicted molar refractivity (Wildman–Crippen MR) is 123 cm³/mol. The summed E-state index contributed by atoms with van der Waals surface area (Å²) in [5, 5.41) is 11.4. The molecule has 4 aliphatic rings. The van der Waals surface area contributed by atoms with Crippen LogP contribution in [0.2, 0.25) is 0 Å². The average Bonchev–Trinajstić information content (AvgIpc) is 3.03. The molecule has 0 saturated heterocycles. The summed E-state index contributed by atoms with van der Waals surface area (Å²) in [5.74, 6) is 1.70. The van der Waals surface area contributed by atoms with Gasteiger partial charge in [0.1, 0.15) is 0 Å². The first-order valence-corrected chi connectivity index (χ1v) is 12.1. The molecule has 1 amide bonds. The summed E-state index contributed by atoms with van der Waals surface area (Å²) >= 11 is 0. The number of hydrogen-bond acceptors (Lipinski definition) is 5. The van der Waals surface area contributed by atoms with Gasteiger partial charge in [-0.1, -0.05) is 26.0 Å². The van der Waals surface area contributed by atoms with Crippen molar-refractivity contribution in [2.24, 2.45) is 28.6 Å². The van der Waals surface area contributed by atoms with Crippen molar-refractivity contribution in [3.8, 4) is 6.01 Å². The van der Waals surface area contributed by atoms with Crippen molar-refractivity contribution >= 4 is 12.0 Å². The molecule has 6 nitrogen and oxygen atoms in total. The number of carbonyl (C=O) groups excluding carboxylic acids is 1. The van der Waals surface area contributed by atoms with Gasteiger partial charge in [0.2, 0.25) is 5.91 Å². The Morgan fingerprint density at radius 3 is 2.69 bits per heavy atom. The lowest BCUT2D eigenvalue weighted by Crippen LogP contribution is -2.59. The summed E-state index contributed by atoms with van der Waals surface area (Å²) in [6.45, 7) is 7.10. The van der Waals surface area contributed by atoms with Crippen molar-refractivity contribution in [1.82, 2.24) is 14.9 Å². The highest BCUT2D eigenvalue weighted by Gasteiger charge is 2.61. The second kappa shape index (κ2) is 7.68. The van der Waals surface area contributed by atoms with E-state index in [1.807, 2.05) is 18.9 Å². The number of fused-ring (bicyclic) bond motifs is 5. The van der Waals surface area contributed by atoms with E-state index in [1.165, 1.54) is 0 Å². The summed E-state index contributed by atoms with van der Waals surface area (Å²) in [6, 6.07) is 0.673. The second-order valence-corrected chi connectivity index (χ2v) is 10.7. The van der Waals surface area contributed by atoms with Crippen LogP contribution in [0.3, 0.4) is 0 Å². The number of amides is 1. The third-order valence-electron chi connectivity index (χ3n) is 9.27. The number of ether oxygens (including phenoxy) is 1. The summed E-state index contributed by atoms with van der Waals surface area (Å²) < 4.78 is 5.35.